The smallest absolute Gasteiger partial charge is 0.211 e. The van der Waals surface area contributed by atoms with Crippen LogP contribution in [0.15, 0.2) is 42.5 Å². The summed E-state index contributed by atoms with van der Waals surface area (Å²) in [6.45, 7) is 2.40. The van der Waals surface area contributed by atoms with Gasteiger partial charge in [0.05, 0.1) is 6.61 Å². The van der Waals surface area contributed by atoms with E-state index in [-0.39, 0.29) is 5.82 Å². The van der Waals surface area contributed by atoms with Crippen molar-refractivity contribution < 1.29 is 13.9 Å². The molecule has 0 heterocycles. The Labute approximate surface area is 142 Å². The number of hydrogen-bond acceptors (Lipinski definition) is 2. The van der Waals surface area contributed by atoms with E-state index in [4.69, 9.17) is 4.74 Å². The van der Waals surface area contributed by atoms with Crippen LogP contribution in [0.25, 0.3) is 0 Å². The maximum Gasteiger partial charge on any atom is 0.211 e. The molecule has 0 aromatic heterocycles. The van der Waals surface area contributed by atoms with Crippen molar-refractivity contribution >= 4 is 12.1 Å². The number of para-hydroxylation sites is 1. The first-order valence-corrected chi connectivity index (χ1v) is 8.38. The van der Waals surface area contributed by atoms with Gasteiger partial charge in [0, 0.05) is 5.69 Å². The monoisotopic (exact) mass is 329 g/mol. The van der Waals surface area contributed by atoms with Crippen LogP contribution in [0.3, 0.4) is 0 Å². The predicted molar refractivity (Wildman–Crippen MR) is 94.9 cm³/mol. The first-order chi connectivity index (χ1) is 11.7. The highest BCUT2D eigenvalue weighted by Crippen LogP contribution is 2.22. The molecule has 0 saturated carbocycles. The first-order valence-electron chi connectivity index (χ1n) is 8.38. The van der Waals surface area contributed by atoms with Gasteiger partial charge in [0.1, 0.15) is 0 Å². The van der Waals surface area contributed by atoms with E-state index in [2.05, 4.69) is 5.32 Å². The summed E-state index contributed by atoms with van der Waals surface area (Å²) in [6, 6.07) is 12.9. The molecule has 0 aliphatic heterocycles. The number of aryl methyl sites for hydroxylation is 2. The Morgan fingerprint density at radius 3 is 2.50 bits per heavy atom. The second-order valence-corrected chi connectivity index (χ2v) is 5.86. The van der Waals surface area contributed by atoms with Crippen LogP contribution >= 0.6 is 0 Å². The van der Waals surface area contributed by atoms with Gasteiger partial charge in [-0.2, -0.15) is 0 Å². The summed E-state index contributed by atoms with van der Waals surface area (Å²) in [5.41, 5.74) is 2.92. The number of carbonyl (C=O) groups is 1. The molecule has 0 aliphatic rings. The minimum absolute atomic E-state index is 0.289. The van der Waals surface area contributed by atoms with Crippen LogP contribution in [-0.4, -0.2) is 13.0 Å². The third kappa shape index (κ3) is 5.69. The van der Waals surface area contributed by atoms with E-state index in [1.54, 1.807) is 6.07 Å². The minimum Gasteiger partial charge on any atom is -0.490 e. The van der Waals surface area contributed by atoms with Gasteiger partial charge in [-0.15, -0.1) is 0 Å². The fourth-order valence-electron chi connectivity index (χ4n) is 2.59. The largest absolute Gasteiger partial charge is 0.490 e. The molecule has 128 valence electrons. The number of benzene rings is 2. The lowest BCUT2D eigenvalue weighted by molar-refractivity contribution is -0.105. The molecule has 4 heteroatoms. The molecule has 0 bridgehead atoms. The van der Waals surface area contributed by atoms with Crippen molar-refractivity contribution in [1.82, 2.24) is 0 Å². The normalized spacial score (nSPS) is 10.4. The lowest BCUT2D eigenvalue weighted by atomic mass is 10.1. The lowest BCUT2D eigenvalue weighted by Crippen LogP contribution is -2.01. The topological polar surface area (TPSA) is 38.3 Å². The zero-order chi connectivity index (χ0) is 17.2. The Bertz CT molecular complexity index is 620. The molecule has 2 rings (SSSR count). The van der Waals surface area contributed by atoms with E-state index in [0.717, 1.165) is 43.4 Å². The van der Waals surface area contributed by atoms with Gasteiger partial charge in [-0.3, -0.25) is 4.79 Å². The molecular formula is C20H24FNO2. The van der Waals surface area contributed by atoms with Crippen molar-refractivity contribution in [3.05, 3.63) is 59.4 Å². The van der Waals surface area contributed by atoms with E-state index in [1.165, 1.54) is 11.6 Å². The molecule has 0 fully saturated rings. The van der Waals surface area contributed by atoms with E-state index < -0.39 is 0 Å². The van der Waals surface area contributed by atoms with Gasteiger partial charge in [0.15, 0.2) is 11.6 Å². The van der Waals surface area contributed by atoms with E-state index in [9.17, 15) is 9.18 Å². The second-order valence-electron chi connectivity index (χ2n) is 5.86. The number of halogens is 1. The number of hydrogen-bond donors (Lipinski definition) is 1. The Balaban J connectivity index is 1.59. The average molecular weight is 329 g/mol. The van der Waals surface area contributed by atoms with E-state index in [0.29, 0.717) is 18.8 Å². The van der Waals surface area contributed by atoms with Gasteiger partial charge >= 0.3 is 0 Å². The van der Waals surface area contributed by atoms with E-state index in [1.807, 2.05) is 37.3 Å². The molecule has 3 nitrogen and oxygen atoms in total. The predicted octanol–water partition coefficient (Wildman–Crippen LogP) is 4.88. The highest BCUT2D eigenvalue weighted by atomic mass is 19.1. The number of nitrogens with one attached hydrogen (secondary N) is 1. The Morgan fingerprint density at radius 1 is 1.04 bits per heavy atom. The lowest BCUT2D eigenvalue weighted by Gasteiger charge is -2.09. The van der Waals surface area contributed by atoms with Crippen LogP contribution in [0.2, 0.25) is 0 Å². The van der Waals surface area contributed by atoms with Gasteiger partial charge in [0.2, 0.25) is 6.41 Å². The van der Waals surface area contributed by atoms with Gasteiger partial charge in [0.25, 0.3) is 0 Å². The van der Waals surface area contributed by atoms with Crippen LogP contribution < -0.4 is 10.1 Å². The summed E-state index contributed by atoms with van der Waals surface area (Å²) in [5.74, 6) is 0.0871. The summed E-state index contributed by atoms with van der Waals surface area (Å²) in [4.78, 5) is 10.3. The number of amides is 1. The zero-order valence-electron chi connectivity index (χ0n) is 14.1. The first kappa shape index (κ1) is 18.0. The van der Waals surface area contributed by atoms with Crippen LogP contribution in [0, 0.1) is 12.7 Å². The molecule has 0 saturated heterocycles. The maximum absolute atomic E-state index is 13.6. The standard InChI is InChI=1S/C20H24FNO2/c1-16-7-6-9-19(21)20(16)24-14-5-3-2-4-8-17-10-12-18(13-11-17)22-15-23/h6-7,9-13,15H,2-5,8,14H2,1H3,(H,22,23). The highest BCUT2D eigenvalue weighted by molar-refractivity contribution is 5.71. The van der Waals surface area contributed by atoms with Crippen molar-refractivity contribution in [3.8, 4) is 5.75 Å². The Hall–Kier alpha value is -2.36. The van der Waals surface area contributed by atoms with Crippen LogP contribution in [-0.2, 0) is 11.2 Å². The Kier molecular flexibility index (Phi) is 7.27. The van der Waals surface area contributed by atoms with Crippen molar-refractivity contribution in [3.63, 3.8) is 0 Å². The average Bonchev–Trinajstić information content (AvgIpc) is 2.58. The molecule has 1 amide bonds. The molecule has 0 aliphatic carbocycles. The van der Waals surface area contributed by atoms with Crippen molar-refractivity contribution in [2.45, 2.75) is 39.0 Å². The SMILES string of the molecule is Cc1cccc(F)c1OCCCCCCc1ccc(NC=O)cc1. The third-order valence-electron chi connectivity index (χ3n) is 3.95. The quantitative estimate of drug-likeness (QED) is 0.498. The molecule has 2 aromatic rings. The molecule has 2 aromatic carbocycles. The fraction of sp³-hybridized carbons (Fsp3) is 0.350. The summed E-state index contributed by atoms with van der Waals surface area (Å²) in [7, 11) is 0. The minimum atomic E-state index is -0.289. The van der Waals surface area contributed by atoms with Crippen molar-refractivity contribution in [2.24, 2.45) is 0 Å². The highest BCUT2D eigenvalue weighted by Gasteiger charge is 2.05. The van der Waals surface area contributed by atoms with E-state index >= 15 is 0 Å². The number of rotatable bonds is 10. The molecule has 24 heavy (non-hydrogen) atoms. The Morgan fingerprint density at radius 2 is 1.79 bits per heavy atom. The molecular weight excluding hydrogens is 305 g/mol. The number of carbonyl (C=O) groups excluding carboxylic acids is 1. The fourth-order valence-corrected chi connectivity index (χ4v) is 2.59. The van der Waals surface area contributed by atoms with Crippen LogP contribution in [0.4, 0.5) is 10.1 Å². The summed E-state index contributed by atoms with van der Waals surface area (Å²) in [6.07, 6.45) is 5.93. The zero-order valence-corrected chi connectivity index (χ0v) is 14.1. The van der Waals surface area contributed by atoms with Crippen molar-refractivity contribution in [1.29, 1.82) is 0 Å². The van der Waals surface area contributed by atoms with Gasteiger partial charge in [-0.05, 0) is 55.5 Å². The number of unbranched alkanes of at least 4 members (excludes halogenated alkanes) is 3. The van der Waals surface area contributed by atoms with Gasteiger partial charge in [-0.25, -0.2) is 4.39 Å². The molecule has 0 atom stereocenters. The molecule has 1 N–H and O–H groups in total. The van der Waals surface area contributed by atoms with Gasteiger partial charge in [-0.1, -0.05) is 37.1 Å². The van der Waals surface area contributed by atoms with Crippen LogP contribution in [0.1, 0.15) is 36.8 Å². The number of ether oxygens (including phenoxy) is 1. The van der Waals surface area contributed by atoms with Crippen molar-refractivity contribution in [2.75, 3.05) is 11.9 Å². The van der Waals surface area contributed by atoms with Gasteiger partial charge < -0.3 is 10.1 Å². The maximum atomic E-state index is 13.6. The summed E-state index contributed by atoms with van der Waals surface area (Å²) in [5, 5.41) is 2.63. The molecule has 0 radical (unpaired) electrons. The third-order valence-corrected chi connectivity index (χ3v) is 3.95. The second kappa shape index (κ2) is 9.71. The molecule has 0 unspecified atom stereocenters. The summed E-state index contributed by atoms with van der Waals surface area (Å²) >= 11 is 0. The summed E-state index contributed by atoms with van der Waals surface area (Å²) < 4.78 is 19.2. The number of anilines is 1. The van der Waals surface area contributed by atoms with Crippen LogP contribution in [0.5, 0.6) is 5.75 Å². The molecule has 0 spiro atoms.